The number of carbonyl (C=O) groups excluding carboxylic acids is 1. The standard InChI is InChI=1S/C12H11N3OS2/c13-11(17)9-1-2-10(14-6-9)12(16)15-5-8-3-4-18-7-8/h1-4,6-7H,5H2,(H2,13,17)(H,15,16). The van der Waals surface area contributed by atoms with Gasteiger partial charge in [0.05, 0.1) is 0 Å². The molecule has 18 heavy (non-hydrogen) atoms. The molecule has 0 bridgehead atoms. The third-order valence-electron chi connectivity index (χ3n) is 2.31. The summed E-state index contributed by atoms with van der Waals surface area (Å²) in [6.07, 6.45) is 1.50. The van der Waals surface area contributed by atoms with Gasteiger partial charge in [0.1, 0.15) is 10.7 Å². The minimum absolute atomic E-state index is 0.212. The number of pyridine rings is 1. The van der Waals surface area contributed by atoms with Gasteiger partial charge < -0.3 is 11.1 Å². The van der Waals surface area contributed by atoms with Gasteiger partial charge in [0, 0.05) is 18.3 Å². The van der Waals surface area contributed by atoms with E-state index in [1.54, 1.807) is 23.5 Å². The Hall–Kier alpha value is -1.79. The van der Waals surface area contributed by atoms with E-state index in [2.05, 4.69) is 10.3 Å². The topological polar surface area (TPSA) is 68.0 Å². The van der Waals surface area contributed by atoms with Gasteiger partial charge in [0.2, 0.25) is 0 Å². The highest BCUT2D eigenvalue weighted by molar-refractivity contribution is 7.80. The predicted molar refractivity (Wildman–Crippen MR) is 75.6 cm³/mol. The number of aromatic nitrogens is 1. The maximum Gasteiger partial charge on any atom is 0.270 e. The monoisotopic (exact) mass is 277 g/mol. The number of thiophene rings is 1. The Morgan fingerprint density at radius 3 is 2.83 bits per heavy atom. The van der Waals surface area contributed by atoms with Crippen molar-refractivity contribution in [3.8, 4) is 0 Å². The summed E-state index contributed by atoms with van der Waals surface area (Å²) in [7, 11) is 0. The normalized spacial score (nSPS) is 10.0. The van der Waals surface area contributed by atoms with Gasteiger partial charge in [-0.05, 0) is 34.5 Å². The van der Waals surface area contributed by atoms with Crippen molar-refractivity contribution in [3.05, 3.63) is 52.0 Å². The first-order valence-electron chi connectivity index (χ1n) is 5.22. The minimum atomic E-state index is -0.212. The number of hydrogen-bond acceptors (Lipinski definition) is 4. The van der Waals surface area contributed by atoms with E-state index >= 15 is 0 Å². The van der Waals surface area contributed by atoms with E-state index in [9.17, 15) is 4.79 Å². The van der Waals surface area contributed by atoms with Crippen molar-refractivity contribution in [3.63, 3.8) is 0 Å². The van der Waals surface area contributed by atoms with Gasteiger partial charge in [0.15, 0.2) is 0 Å². The highest BCUT2D eigenvalue weighted by Crippen LogP contribution is 2.06. The van der Waals surface area contributed by atoms with Crippen LogP contribution in [0.3, 0.4) is 0 Å². The maximum absolute atomic E-state index is 11.8. The predicted octanol–water partition coefficient (Wildman–Crippen LogP) is 1.71. The van der Waals surface area contributed by atoms with Gasteiger partial charge in [-0.1, -0.05) is 12.2 Å². The minimum Gasteiger partial charge on any atom is -0.389 e. The van der Waals surface area contributed by atoms with Crippen molar-refractivity contribution in [2.75, 3.05) is 0 Å². The van der Waals surface area contributed by atoms with E-state index in [-0.39, 0.29) is 10.9 Å². The van der Waals surface area contributed by atoms with Crippen LogP contribution in [0.15, 0.2) is 35.2 Å². The molecule has 6 heteroatoms. The van der Waals surface area contributed by atoms with Crippen LogP contribution in [0.5, 0.6) is 0 Å². The summed E-state index contributed by atoms with van der Waals surface area (Å²) in [4.78, 5) is 16.1. The van der Waals surface area contributed by atoms with Crippen LogP contribution in [0.25, 0.3) is 0 Å². The molecule has 0 saturated carbocycles. The van der Waals surface area contributed by atoms with E-state index < -0.39 is 0 Å². The Morgan fingerprint density at radius 2 is 2.28 bits per heavy atom. The van der Waals surface area contributed by atoms with Crippen LogP contribution in [-0.4, -0.2) is 15.9 Å². The zero-order chi connectivity index (χ0) is 13.0. The van der Waals surface area contributed by atoms with Crippen LogP contribution >= 0.6 is 23.6 Å². The average Bonchev–Trinajstić information content (AvgIpc) is 2.89. The van der Waals surface area contributed by atoms with Gasteiger partial charge >= 0.3 is 0 Å². The molecule has 0 spiro atoms. The highest BCUT2D eigenvalue weighted by Gasteiger charge is 2.07. The lowest BCUT2D eigenvalue weighted by atomic mass is 10.2. The highest BCUT2D eigenvalue weighted by atomic mass is 32.1. The van der Waals surface area contributed by atoms with Crippen LogP contribution in [0.1, 0.15) is 21.6 Å². The Balaban J connectivity index is 1.98. The maximum atomic E-state index is 11.8. The Morgan fingerprint density at radius 1 is 1.44 bits per heavy atom. The summed E-state index contributed by atoms with van der Waals surface area (Å²) in [5.74, 6) is -0.212. The summed E-state index contributed by atoms with van der Waals surface area (Å²) in [5, 5.41) is 6.75. The molecule has 0 aromatic carbocycles. The molecule has 0 fully saturated rings. The molecule has 0 atom stereocenters. The van der Waals surface area contributed by atoms with Crippen molar-refractivity contribution in [1.29, 1.82) is 0 Å². The summed E-state index contributed by atoms with van der Waals surface area (Å²) in [6.45, 7) is 0.501. The van der Waals surface area contributed by atoms with E-state index in [4.69, 9.17) is 18.0 Å². The Bertz CT molecular complexity index is 549. The fraction of sp³-hybridized carbons (Fsp3) is 0.0833. The lowest BCUT2D eigenvalue weighted by Crippen LogP contribution is -2.23. The molecule has 3 N–H and O–H groups in total. The van der Waals surface area contributed by atoms with Crippen LogP contribution in [0.2, 0.25) is 0 Å². The number of nitrogens with one attached hydrogen (secondary N) is 1. The molecule has 4 nitrogen and oxygen atoms in total. The third kappa shape index (κ3) is 3.12. The Kier molecular flexibility index (Phi) is 4.01. The number of rotatable bonds is 4. The number of amides is 1. The first-order chi connectivity index (χ1) is 8.66. The van der Waals surface area contributed by atoms with Crippen molar-refractivity contribution in [2.24, 2.45) is 5.73 Å². The molecule has 1 amide bonds. The molecule has 0 unspecified atom stereocenters. The zero-order valence-corrected chi connectivity index (χ0v) is 11.1. The first kappa shape index (κ1) is 12.7. The van der Waals surface area contributed by atoms with Crippen LogP contribution in [-0.2, 0) is 6.54 Å². The molecule has 0 aliphatic carbocycles. The lowest BCUT2D eigenvalue weighted by Gasteiger charge is -2.04. The lowest BCUT2D eigenvalue weighted by molar-refractivity contribution is 0.0946. The molecule has 2 aromatic heterocycles. The average molecular weight is 277 g/mol. The molecule has 0 aliphatic rings. The molecule has 0 aliphatic heterocycles. The largest absolute Gasteiger partial charge is 0.389 e. The van der Waals surface area contributed by atoms with Gasteiger partial charge in [-0.3, -0.25) is 9.78 Å². The molecule has 2 rings (SSSR count). The van der Waals surface area contributed by atoms with E-state index in [0.29, 0.717) is 17.8 Å². The number of nitrogens with zero attached hydrogens (tertiary/aromatic N) is 1. The molecule has 92 valence electrons. The van der Waals surface area contributed by atoms with E-state index in [0.717, 1.165) is 5.56 Å². The number of nitrogens with two attached hydrogens (primary N) is 1. The van der Waals surface area contributed by atoms with Crippen LogP contribution in [0, 0.1) is 0 Å². The second-order valence-electron chi connectivity index (χ2n) is 3.61. The van der Waals surface area contributed by atoms with Gasteiger partial charge in [-0.25, -0.2) is 0 Å². The quantitative estimate of drug-likeness (QED) is 0.835. The zero-order valence-electron chi connectivity index (χ0n) is 9.42. The molecule has 2 aromatic rings. The SMILES string of the molecule is NC(=S)c1ccc(C(=O)NCc2ccsc2)nc1. The second kappa shape index (κ2) is 5.70. The van der Waals surface area contributed by atoms with Gasteiger partial charge in [-0.2, -0.15) is 11.3 Å². The summed E-state index contributed by atoms with van der Waals surface area (Å²) < 4.78 is 0. The number of carbonyl (C=O) groups is 1. The summed E-state index contributed by atoms with van der Waals surface area (Å²) >= 11 is 6.41. The fourth-order valence-corrected chi connectivity index (χ4v) is 2.13. The van der Waals surface area contributed by atoms with Gasteiger partial charge in [0.25, 0.3) is 5.91 Å². The molecular formula is C12H11N3OS2. The molecule has 2 heterocycles. The number of thiocarbonyl (C=S) groups is 1. The van der Waals surface area contributed by atoms with Crippen LogP contribution < -0.4 is 11.1 Å². The van der Waals surface area contributed by atoms with Crippen LogP contribution in [0.4, 0.5) is 0 Å². The summed E-state index contributed by atoms with van der Waals surface area (Å²) in [5.41, 5.74) is 7.54. The Labute approximate surface area is 114 Å². The molecule has 0 saturated heterocycles. The molecular weight excluding hydrogens is 266 g/mol. The van der Waals surface area contributed by atoms with Gasteiger partial charge in [-0.15, -0.1) is 0 Å². The molecule has 0 radical (unpaired) electrons. The smallest absolute Gasteiger partial charge is 0.270 e. The second-order valence-corrected chi connectivity index (χ2v) is 4.83. The van der Waals surface area contributed by atoms with Crippen molar-refractivity contribution in [2.45, 2.75) is 6.54 Å². The van der Waals surface area contributed by atoms with E-state index in [1.165, 1.54) is 6.20 Å². The summed E-state index contributed by atoms with van der Waals surface area (Å²) in [6, 6.07) is 5.26. The van der Waals surface area contributed by atoms with E-state index in [1.807, 2.05) is 16.8 Å². The third-order valence-corrected chi connectivity index (χ3v) is 3.28. The van der Waals surface area contributed by atoms with Crippen molar-refractivity contribution >= 4 is 34.5 Å². The van der Waals surface area contributed by atoms with Crippen molar-refractivity contribution < 1.29 is 4.79 Å². The first-order valence-corrected chi connectivity index (χ1v) is 6.57. The number of hydrogen-bond donors (Lipinski definition) is 2. The van der Waals surface area contributed by atoms with Crippen molar-refractivity contribution in [1.82, 2.24) is 10.3 Å². The fourth-order valence-electron chi connectivity index (χ4n) is 1.34.